The zero-order chi connectivity index (χ0) is 35.0. The number of likely N-dealkylation sites (N-methyl/N-ethyl adjacent to an activating group) is 1. The largest absolute Gasteiger partial charge is 0.462 e. The lowest BCUT2D eigenvalue weighted by molar-refractivity contribution is -0.298. The Hall–Kier alpha value is -1.48. The quantitative estimate of drug-likeness (QED) is 0.317. The molecule has 12 nitrogen and oxygen atoms in total. The van der Waals surface area contributed by atoms with Gasteiger partial charge in [-0.3, -0.25) is 9.59 Å². The number of nitrogens with zero attached hydrogens (tertiary/aromatic N) is 1. The number of cyclic esters (lactones) is 1. The molecule has 0 aromatic heterocycles. The third-order valence-electron chi connectivity index (χ3n) is 10.8. The number of epoxide rings is 1. The first kappa shape index (κ1) is 38.3. The number of ether oxygens (including phenoxy) is 7. The summed E-state index contributed by atoms with van der Waals surface area (Å²) in [6.45, 7) is 15.2. The highest BCUT2D eigenvalue weighted by Crippen LogP contribution is 2.42. The number of carbonyl (C=O) groups is 2. The first-order chi connectivity index (χ1) is 22.0. The molecule has 4 aliphatic rings. The predicted molar refractivity (Wildman–Crippen MR) is 172 cm³/mol. The highest BCUT2D eigenvalue weighted by atomic mass is 16.7. The van der Waals surface area contributed by atoms with Crippen LogP contribution in [-0.4, -0.2) is 128 Å². The van der Waals surface area contributed by atoms with Gasteiger partial charge in [0.05, 0.1) is 43.0 Å². The molecule has 0 amide bonds. The van der Waals surface area contributed by atoms with Gasteiger partial charge in [-0.1, -0.05) is 26.8 Å². The van der Waals surface area contributed by atoms with Gasteiger partial charge in [-0.05, 0) is 73.0 Å². The van der Waals surface area contributed by atoms with E-state index in [1.54, 1.807) is 20.8 Å². The van der Waals surface area contributed by atoms with E-state index in [0.717, 1.165) is 0 Å². The molecule has 47 heavy (non-hydrogen) atoms. The molecule has 1 unspecified atom stereocenters. The molecule has 2 N–H and O–H groups in total. The highest BCUT2D eigenvalue weighted by molar-refractivity contribution is 6.03. The van der Waals surface area contributed by atoms with Crippen molar-refractivity contribution in [2.75, 3.05) is 27.8 Å². The maximum absolute atomic E-state index is 13.8. The minimum atomic E-state index is -0.984. The molecular weight excluding hydrogens is 610 g/mol. The first-order valence-corrected chi connectivity index (χ1v) is 17.2. The zero-order valence-corrected chi connectivity index (χ0v) is 30.1. The number of esters is 1. The summed E-state index contributed by atoms with van der Waals surface area (Å²) in [5, 5.41) is 22.0. The van der Waals surface area contributed by atoms with E-state index in [1.807, 2.05) is 59.7 Å². The molecule has 12 heteroatoms. The Labute approximate surface area is 280 Å². The van der Waals surface area contributed by atoms with Crippen LogP contribution in [0.5, 0.6) is 0 Å². The molecule has 16 atom stereocenters. The third-order valence-corrected chi connectivity index (χ3v) is 10.8. The SMILES string of the molecule is CO[C@H]1C[C@H](OC2[C@@H](C)C(=O)O[C@H](C)[C@H](C)/C=C(\C)C(=O)[C@]3(CO3)C[C@H](C)[C@H](O[C@@H]3O[C@H](C)C[C@H](N(C)C)[C@H]3O)[C@H]2C)O[C@@H](C)[C@@H]1O. The lowest BCUT2D eigenvalue weighted by Crippen LogP contribution is -2.57. The third kappa shape index (κ3) is 8.64. The van der Waals surface area contributed by atoms with Gasteiger partial charge >= 0.3 is 5.97 Å². The van der Waals surface area contributed by atoms with Crippen molar-refractivity contribution in [3.8, 4) is 0 Å². The molecule has 3 fully saturated rings. The number of Topliss-reactive ketones (excluding diaryl/α,β-unsaturated/α-hetero) is 1. The van der Waals surface area contributed by atoms with Crippen molar-refractivity contribution in [2.45, 2.75) is 148 Å². The van der Waals surface area contributed by atoms with Crippen molar-refractivity contribution >= 4 is 11.8 Å². The smallest absolute Gasteiger partial charge is 0.311 e. The fourth-order valence-electron chi connectivity index (χ4n) is 7.54. The minimum Gasteiger partial charge on any atom is -0.462 e. The molecule has 4 heterocycles. The van der Waals surface area contributed by atoms with Crippen LogP contribution in [0.1, 0.15) is 74.7 Å². The number of rotatable bonds is 6. The summed E-state index contributed by atoms with van der Waals surface area (Å²) in [5.74, 6) is -2.29. The van der Waals surface area contributed by atoms with E-state index in [0.29, 0.717) is 25.0 Å². The van der Waals surface area contributed by atoms with Gasteiger partial charge in [-0.15, -0.1) is 0 Å². The van der Waals surface area contributed by atoms with E-state index in [9.17, 15) is 19.8 Å². The lowest BCUT2D eigenvalue weighted by Gasteiger charge is -2.46. The number of aliphatic hydroxyl groups excluding tert-OH is 2. The van der Waals surface area contributed by atoms with E-state index in [2.05, 4.69) is 0 Å². The van der Waals surface area contributed by atoms with Crippen LogP contribution in [0.15, 0.2) is 11.6 Å². The Morgan fingerprint density at radius 2 is 1.57 bits per heavy atom. The van der Waals surface area contributed by atoms with E-state index >= 15 is 0 Å². The average Bonchev–Trinajstić information content (AvgIpc) is 3.79. The van der Waals surface area contributed by atoms with Gasteiger partial charge in [-0.2, -0.15) is 0 Å². The average molecular weight is 670 g/mol. The second kappa shape index (κ2) is 15.6. The standard InChI is InChI=1S/C35H59NO11/c1-17-12-18(2)32(39)35(16-42-35)15-19(3)30(47-34-29(38)25(36(9)10)13-20(4)43-34)21(5)31(22(6)33(40)45-23(17)7)46-27-14-26(41-11)28(37)24(8)44-27/h12,17,19-31,34,37-38H,13-16H2,1-11H3/b18-12+/t17-,19+,20-,21-,22-,23-,24+,25+,26+,27+,28+,29-,30+,31?,34+,35-/m1/s1. The number of aliphatic hydroxyl groups is 2. The van der Waals surface area contributed by atoms with Crippen LogP contribution in [0, 0.1) is 23.7 Å². The van der Waals surface area contributed by atoms with E-state index in [-0.39, 0.29) is 36.2 Å². The Bertz CT molecular complexity index is 1110. The summed E-state index contributed by atoms with van der Waals surface area (Å²) in [6.07, 6.45) is -3.62. The van der Waals surface area contributed by atoms with Crippen LogP contribution in [0.2, 0.25) is 0 Å². The number of hydrogen-bond acceptors (Lipinski definition) is 12. The van der Waals surface area contributed by atoms with Gasteiger partial charge in [0.25, 0.3) is 0 Å². The van der Waals surface area contributed by atoms with Gasteiger partial charge < -0.3 is 48.3 Å². The lowest BCUT2D eigenvalue weighted by atomic mass is 9.78. The van der Waals surface area contributed by atoms with Gasteiger partial charge in [0, 0.05) is 31.4 Å². The van der Waals surface area contributed by atoms with Gasteiger partial charge in [0.1, 0.15) is 18.3 Å². The second-order valence-electron chi connectivity index (χ2n) is 14.8. The normalized spacial score (nSPS) is 48.5. The number of hydrogen-bond donors (Lipinski definition) is 2. The van der Waals surface area contributed by atoms with E-state index in [4.69, 9.17) is 33.2 Å². The van der Waals surface area contributed by atoms with Crippen molar-refractivity contribution in [2.24, 2.45) is 23.7 Å². The Morgan fingerprint density at radius 3 is 2.17 bits per heavy atom. The summed E-state index contributed by atoms with van der Waals surface area (Å²) in [6, 6.07) is -0.195. The summed E-state index contributed by atoms with van der Waals surface area (Å²) >= 11 is 0. The maximum Gasteiger partial charge on any atom is 0.311 e. The molecule has 0 aromatic rings. The van der Waals surface area contributed by atoms with Crippen molar-refractivity contribution in [3.05, 3.63) is 11.6 Å². The first-order valence-electron chi connectivity index (χ1n) is 17.2. The summed E-state index contributed by atoms with van der Waals surface area (Å²) in [5.41, 5.74) is -0.420. The van der Waals surface area contributed by atoms with Crippen molar-refractivity contribution in [1.82, 2.24) is 4.90 Å². The summed E-state index contributed by atoms with van der Waals surface area (Å²) in [7, 11) is 5.37. The van der Waals surface area contributed by atoms with E-state index in [1.165, 1.54) is 7.11 Å². The van der Waals surface area contributed by atoms with Crippen molar-refractivity contribution < 1.29 is 53.0 Å². The zero-order valence-electron chi connectivity index (χ0n) is 30.1. The highest BCUT2D eigenvalue weighted by Gasteiger charge is 2.55. The molecule has 0 aliphatic carbocycles. The predicted octanol–water partition coefficient (Wildman–Crippen LogP) is 2.86. The van der Waals surface area contributed by atoms with Crippen LogP contribution in [-0.2, 0) is 42.7 Å². The molecule has 4 rings (SSSR count). The summed E-state index contributed by atoms with van der Waals surface area (Å²) in [4.78, 5) is 29.5. The molecule has 0 bridgehead atoms. The number of methoxy groups -OCH3 is 1. The fourth-order valence-corrected chi connectivity index (χ4v) is 7.54. The van der Waals surface area contributed by atoms with Crippen LogP contribution < -0.4 is 0 Å². The fraction of sp³-hybridized carbons (Fsp3) is 0.886. The minimum absolute atomic E-state index is 0.0941. The van der Waals surface area contributed by atoms with Gasteiger partial charge in [0.2, 0.25) is 0 Å². The molecule has 0 saturated carbocycles. The molecule has 270 valence electrons. The molecule has 1 spiro atoms. The topological polar surface area (TPSA) is 146 Å². The second-order valence-corrected chi connectivity index (χ2v) is 14.8. The Morgan fingerprint density at radius 1 is 0.915 bits per heavy atom. The maximum atomic E-state index is 13.8. The van der Waals surface area contributed by atoms with Crippen LogP contribution in [0.25, 0.3) is 0 Å². The van der Waals surface area contributed by atoms with Gasteiger partial charge in [-0.25, -0.2) is 0 Å². The monoisotopic (exact) mass is 669 g/mol. The number of ketones is 1. The molecule has 3 saturated heterocycles. The van der Waals surface area contributed by atoms with Crippen molar-refractivity contribution in [1.29, 1.82) is 0 Å². The Balaban J connectivity index is 1.74. The Kier molecular flexibility index (Phi) is 12.7. The summed E-state index contributed by atoms with van der Waals surface area (Å²) < 4.78 is 43.1. The van der Waals surface area contributed by atoms with Crippen molar-refractivity contribution in [3.63, 3.8) is 0 Å². The number of carbonyl (C=O) groups excluding carboxylic acids is 2. The van der Waals surface area contributed by atoms with Crippen LogP contribution >= 0.6 is 0 Å². The molecule has 4 aliphatic heterocycles. The van der Waals surface area contributed by atoms with Gasteiger partial charge in [0.15, 0.2) is 24.0 Å². The van der Waals surface area contributed by atoms with E-state index < -0.39 is 78.7 Å². The van der Waals surface area contributed by atoms with Crippen LogP contribution in [0.3, 0.4) is 0 Å². The van der Waals surface area contributed by atoms with Crippen LogP contribution in [0.4, 0.5) is 0 Å². The molecule has 0 aromatic carbocycles. The molecule has 0 radical (unpaired) electrons. The molecular formula is C35H59NO11.